The Kier molecular flexibility index (Phi) is 5.52. The molecule has 0 fully saturated rings. The largest absolute Gasteiger partial charge is 0.396 e. The van der Waals surface area contributed by atoms with Crippen molar-refractivity contribution in [2.75, 3.05) is 11.9 Å². The molecule has 1 atom stereocenters. The SMILES string of the molecule is CCC(C(=O)Nc1ccc(CCO)cc1)c1ccccc1. The number of anilines is 1. The van der Waals surface area contributed by atoms with Gasteiger partial charge in [0.2, 0.25) is 5.91 Å². The van der Waals surface area contributed by atoms with Crippen LogP contribution in [0.25, 0.3) is 0 Å². The first-order valence-corrected chi connectivity index (χ1v) is 7.30. The molecule has 0 bridgehead atoms. The fourth-order valence-corrected chi connectivity index (χ4v) is 2.37. The summed E-state index contributed by atoms with van der Waals surface area (Å²) in [6.07, 6.45) is 1.40. The monoisotopic (exact) mass is 283 g/mol. The maximum absolute atomic E-state index is 12.4. The Bertz CT molecular complexity index is 564. The quantitative estimate of drug-likeness (QED) is 0.854. The van der Waals surface area contributed by atoms with Crippen LogP contribution in [0.4, 0.5) is 5.69 Å². The number of carbonyl (C=O) groups excluding carboxylic acids is 1. The van der Waals surface area contributed by atoms with E-state index in [4.69, 9.17) is 5.11 Å². The Balaban J connectivity index is 2.05. The minimum atomic E-state index is -0.136. The Hall–Kier alpha value is -2.13. The predicted molar refractivity (Wildman–Crippen MR) is 85.3 cm³/mol. The third-order valence-corrected chi connectivity index (χ3v) is 3.55. The lowest BCUT2D eigenvalue weighted by Gasteiger charge is -2.15. The van der Waals surface area contributed by atoms with E-state index in [9.17, 15) is 4.79 Å². The van der Waals surface area contributed by atoms with Crippen LogP contribution in [-0.2, 0) is 11.2 Å². The van der Waals surface area contributed by atoms with Gasteiger partial charge >= 0.3 is 0 Å². The van der Waals surface area contributed by atoms with Crippen molar-refractivity contribution in [3.8, 4) is 0 Å². The zero-order valence-corrected chi connectivity index (χ0v) is 12.3. The molecule has 21 heavy (non-hydrogen) atoms. The molecule has 2 rings (SSSR count). The number of carbonyl (C=O) groups is 1. The number of hydrogen-bond acceptors (Lipinski definition) is 2. The maximum Gasteiger partial charge on any atom is 0.231 e. The minimum Gasteiger partial charge on any atom is -0.396 e. The molecule has 1 unspecified atom stereocenters. The summed E-state index contributed by atoms with van der Waals surface area (Å²) < 4.78 is 0. The van der Waals surface area contributed by atoms with Crippen LogP contribution in [0.5, 0.6) is 0 Å². The highest BCUT2D eigenvalue weighted by Crippen LogP contribution is 2.21. The van der Waals surface area contributed by atoms with Gasteiger partial charge in [0, 0.05) is 12.3 Å². The Labute approximate surface area is 125 Å². The predicted octanol–water partition coefficient (Wildman–Crippen LogP) is 3.35. The molecule has 3 nitrogen and oxygen atoms in total. The topological polar surface area (TPSA) is 49.3 Å². The first-order valence-electron chi connectivity index (χ1n) is 7.30. The van der Waals surface area contributed by atoms with Crippen molar-refractivity contribution < 1.29 is 9.90 Å². The van der Waals surface area contributed by atoms with Crippen molar-refractivity contribution in [2.24, 2.45) is 0 Å². The second kappa shape index (κ2) is 7.60. The smallest absolute Gasteiger partial charge is 0.231 e. The molecule has 110 valence electrons. The van der Waals surface area contributed by atoms with Gasteiger partial charge in [0.25, 0.3) is 0 Å². The molecule has 0 heterocycles. The summed E-state index contributed by atoms with van der Waals surface area (Å²) in [6, 6.07) is 17.4. The molecule has 0 radical (unpaired) electrons. The molecule has 2 aromatic carbocycles. The lowest BCUT2D eigenvalue weighted by atomic mass is 9.95. The van der Waals surface area contributed by atoms with Crippen LogP contribution in [0.1, 0.15) is 30.4 Å². The van der Waals surface area contributed by atoms with Gasteiger partial charge in [-0.15, -0.1) is 0 Å². The van der Waals surface area contributed by atoms with Crippen molar-refractivity contribution in [3.63, 3.8) is 0 Å². The van der Waals surface area contributed by atoms with Crippen LogP contribution in [0.15, 0.2) is 54.6 Å². The molecule has 0 aliphatic carbocycles. The molecule has 0 aliphatic rings. The summed E-state index contributed by atoms with van der Waals surface area (Å²) in [5.74, 6) is -0.123. The van der Waals surface area contributed by atoms with E-state index in [1.165, 1.54) is 0 Å². The van der Waals surface area contributed by atoms with E-state index < -0.39 is 0 Å². The Morgan fingerprint density at radius 3 is 2.33 bits per heavy atom. The van der Waals surface area contributed by atoms with Crippen molar-refractivity contribution in [3.05, 3.63) is 65.7 Å². The Morgan fingerprint density at radius 2 is 1.76 bits per heavy atom. The number of aliphatic hydroxyl groups excluding tert-OH is 1. The van der Waals surface area contributed by atoms with Gasteiger partial charge in [0.15, 0.2) is 0 Å². The van der Waals surface area contributed by atoms with Crippen LogP contribution in [0.3, 0.4) is 0 Å². The summed E-state index contributed by atoms with van der Waals surface area (Å²) in [5, 5.41) is 11.9. The third kappa shape index (κ3) is 4.17. The lowest BCUT2D eigenvalue weighted by Crippen LogP contribution is -2.20. The molecule has 0 saturated heterocycles. The number of benzene rings is 2. The van der Waals surface area contributed by atoms with E-state index in [1.54, 1.807) is 0 Å². The van der Waals surface area contributed by atoms with Crippen LogP contribution in [0, 0.1) is 0 Å². The number of rotatable bonds is 6. The van der Waals surface area contributed by atoms with Gasteiger partial charge in [-0.3, -0.25) is 4.79 Å². The van der Waals surface area contributed by atoms with Crippen LogP contribution in [-0.4, -0.2) is 17.6 Å². The molecule has 1 amide bonds. The summed E-state index contributed by atoms with van der Waals surface area (Å²) in [4.78, 5) is 12.4. The molecular weight excluding hydrogens is 262 g/mol. The Morgan fingerprint density at radius 1 is 1.10 bits per heavy atom. The van der Waals surface area contributed by atoms with E-state index in [0.717, 1.165) is 23.2 Å². The van der Waals surface area contributed by atoms with Gasteiger partial charge in [-0.25, -0.2) is 0 Å². The lowest BCUT2D eigenvalue weighted by molar-refractivity contribution is -0.117. The summed E-state index contributed by atoms with van der Waals surface area (Å²) in [5.41, 5.74) is 2.89. The van der Waals surface area contributed by atoms with Crippen molar-refractivity contribution in [1.29, 1.82) is 0 Å². The number of nitrogens with one attached hydrogen (secondary N) is 1. The van der Waals surface area contributed by atoms with Crippen molar-refractivity contribution in [1.82, 2.24) is 0 Å². The van der Waals surface area contributed by atoms with E-state index in [-0.39, 0.29) is 18.4 Å². The fraction of sp³-hybridized carbons (Fsp3) is 0.278. The van der Waals surface area contributed by atoms with Gasteiger partial charge in [-0.05, 0) is 36.1 Å². The molecule has 2 N–H and O–H groups in total. The number of hydrogen-bond donors (Lipinski definition) is 2. The first-order chi connectivity index (χ1) is 10.2. The van der Waals surface area contributed by atoms with Crippen LogP contribution >= 0.6 is 0 Å². The van der Waals surface area contributed by atoms with E-state index in [0.29, 0.717) is 6.42 Å². The maximum atomic E-state index is 12.4. The highest BCUT2D eigenvalue weighted by atomic mass is 16.2. The zero-order valence-electron chi connectivity index (χ0n) is 12.3. The van der Waals surface area contributed by atoms with E-state index in [1.807, 2.05) is 61.5 Å². The molecule has 0 aliphatic heterocycles. The summed E-state index contributed by atoms with van der Waals surface area (Å²) in [7, 11) is 0. The molecule has 3 heteroatoms. The standard InChI is InChI=1S/C18H21NO2/c1-2-17(15-6-4-3-5-7-15)18(21)19-16-10-8-14(9-11-16)12-13-20/h3-11,17,20H,2,12-13H2,1H3,(H,19,21). The molecule has 0 saturated carbocycles. The average molecular weight is 283 g/mol. The van der Waals surface area contributed by atoms with Gasteiger partial charge in [-0.1, -0.05) is 49.4 Å². The summed E-state index contributed by atoms with van der Waals surface area (Å²) >= 11 is 0. The second-order valence-electron chi connectivity index (χ2n) is 5.03. The van der Waals surface area contributed by atoms with Gasteiger partial charge in [-0.2, -0.15) is 0 Å². The molecule has 0 spiro atoms. The molecule has 0 aromatic heterocycles. The molecule has 2 aromatic rings. The number of amides is 1. The van der Waals surface area contributed by atoms with Crippen molar-refractivity contribution in [2.45, 2.75) is 25.7 Å². The van der Waals surface area contributed by atoms with Gasteiger partial charge in [0.05, 0.1) is 5.92 Å². The highest BCUT2D eigenvalue weighted by molar-refractivity contribution is 5.95. The van der Waals surface area contributed by atoms with Crippen LogP contribution < -0.4 is 5.32 Å². The number of aliphatic hydroxyl groups is 1. The van der Waals surface area contributed by atoms with Crippen LogP contribution in [0.2, 0.25) is 0 Å². The van der Waals surface area contributed by atoms with E-state index >= 15 is 0 Å². The van der Waals surface area contributed by atoms with E-state index in [2.05, 4.69) is 5.32 Å². The third-order valence-electron chi connectivity index (χ3n) is 3.55. The zero-order chi connectivity index (χ0) is 15.1. The van der Waals surface area contributed by atoms with Gasteiger partial charge < -0.3 is 10.4 Å². The van der Waals surface area contributed by atoms with Gasteiger partial charge in [0.1, 0.15) is 0 Å². The minimum absolute atomic E-state index is 0.0126. The average Bonchev–Trinajstić information content (AvgIpc) is 2.51. The summed E-state index contributed by atoms with van der Waals surface area (Å²) in [6.45, 7) is 2.15. The fourth-order valence-electron chi connectivity index (χ4n) is 2.37. The van der Waals surface area contributed by atoms with Crippen molar-refractivity contribution >= 4 is 11.6 Å². The normalized spacial score (nSPS) is 11.9. The molecular formula is C18H21NO2. The highest BCUT2D eigenvalue weighted by Gasteiger charge is 2.18. The first kappa shape index (κ1) is 15.3. The second-order valence-corrected chi connectivity index (χ2v) is 5.03.